The van der Waals surface area contributed by atoms with Crippen molar-refractivity contribution in [3.05, 3.63) is 57.0 Å². The molecule has 1 aromatic heterocycles. The van der Waals surface area contributed by atoms with Gasteiger partial charge in [0.05, 0.1) is 23.4 Å². The Labute approximate surface area is 199 Å². The summed E-state index contributed by atoms with van der Waals surface area (Å²) in [6.45, 7) is 6.58. The van der Waals surface area contributed by atoms with Crippen LogP contribution in [0.4, 0.5) is 5.13 Å². The summed E-state index contributed by atoms with van der Waals surface area (Å²) >= 11 is 11.2. The van der Waals surface area contributed by atoms with Crippen LogP contribution in [-0.2, 0) is 4.74 Å². The third-order valence-electron chi connectivity index (χ3n) is 4.95. The van der Waals surface area contributed by atoms with Gasteiger partial charge in [-0.3, -0.25) is 14.6 Å². The number of amides is 1. The Balaban J connectivity index is 0.00000256. The fourth-order valence-electron chi connectivity index (χ4n) is 3.36. The van der Waals surface area contributed by atoms with Crippen molar-refractivity contribution in [2.24, 2.45) is 0 Å². The zero-order valence-electron chi connectivity index (χ0n) is 16.4. The van der Waals surface area contributed by atoms with E-state index in [9.17, 15) is 4.79 Å². The third-order valence-corrected chi connectivity index (χ3v) is 6.72. The molecule has 0 unspecified atom stereocenters. The van der Waals surface area contributed by atoms with Crippen LogP contribution >= 0.6 is 51.3 Å². The van der Waals surface area contributed by atoms with Gasteiger partial charge in [-0.1, -0.05) is 38.9 Å². The minimum atomic E-state index is -0.0476. The molecule has 1 aliphatic rings. The van der Waals surface area contributed by atoms with Gasteiger partial charge in [-0.25, -0.2) is 4.98 Å². The molecule has 1 saturated heterocycles. The first-order chi connectivity index (χ1) is 14.0. The summed E-state index contributed by atoms with van der Waals surface area (Å²) in [6.07, 6.45) is 0. The van der Waals surface area contributed by atoms with Crippen LogP contribution in [0.25, 0.3) is 10.2 Å². The molecule has 0 radical (unpaired) electrons. The molecule has 1 amide bonds. The highest BCUT2D eigenvalue weighted by atomic mass is 79.9. The van der Waals surface area contributed by atoms with E-state index in [0.717, 1.165) is 53.1 Å². The molecule has 0 atom stereocenters. The maximum absolute atomic E-state index is 13.4. The fraction of sp³-hybridized carbons (Fsp3) is 0.333. The first-order valence-corrected chi connectivity index (χ1v) is 11.4. The van der Waals surface area contributed by atoms with Crippen molar-refractivity contribution >= 4 is 72.5 Å². The highest BCUT2D eigenvalue weighted by molar-refractivity contribution is 9.10. The maximum atomic E-state index is 13.4. The average molecular weight is 531 g/mol. The monoisotopic (exact) mass is 529 g/mol. The number of aromatic nitrogens is 1. The molecule has 160 valence electrons. The zero-order valence-corrected chi connectivity index (χ0v) is 20.4. The fourth-order valence-corrected chi connectivity index (χ4v) is 5.07. The molecule has 0 spiro atoms. The van der Waals surface area contributed by atoms with Crippen LogP contribution in [-0.4, -0.2) is 55.2 Å². The van der Waals surface area contributed by atoms with E-state index in [0.29, 0.717) is 22.3 Å². The number of morpholine rings is 1. The van der Waals surface area contributed by atoms with Crippen LogP contribution in [0.15, 0.2) is 40.9 Å². The molecule has 30 heavy (non-hydrogen) atoms. The number of ether oxygens (including phenoxy) is 1. The topological polar surface area (TPSA) is 45.7 Å². The molecule has 5 nitrogen and oxygen atoms in total. The molecule has 3 aromatic rings. The van der Waals surface area contributed by atoms with Gasteiger partial charge in [-0.05, 0) is 48.9 Å². The standard InChI is InChI=1S/C21H21BrClN3O2S.ClH/c1-14-12-17(23)13-18-19(14)24-21(29-18)26(7-6-25-8-10-28-11-9-25)20(27)15-2-4-16(22)5-3-15;/h2-5,12-13H,6-11H2,1H3;1H. The number of aryl methyl sites for hydroxylation is 1. The number of anilines is 1. The van der Waals surface area contributed by atoms with Crippen molar-refractivity contribution in [3.63, 3.8) is 0 Å². The second kappa shape index (κ2) is 10.4. The maximum Gasteiger partial charge on any atom is 0.260 e. The number of rotatable bonds is 5. The molecular formula is C21H22BrCl2N3O2S. The summed E-state index contributed by atoms with van der Waals surface area (Å²) in [5.41, 5.74) is 2.55. The molecule has 1 fully saturated rings. The Morgan fingerprint density at radius 1 is 1.27 bits per heavy atom. The molecule has 0 bridgehead atoms. The number of hydrogen-bond acceptors (Lipinski definition) is 5. The van der Waals surface area contributed by atoms with Gasteiger partial charge in [-0.15, -0.1) is 12.4 Å². The second-order valence-electron chi connectivity index (χ2n) is 6.98. The highest BCUT2D eigenvalue weighted by Gasteiger charge is 2.23. The summed E-state index contributed by atoms with van der Waals surface area (Å²) in [6, 6.07) is 11.3. The summed E-state index contributed by atoms with van der Waals surface area (Å²) in [5.74, 6) is -0.0476. The van der Waals surface area contributed by atoms with Crippen LogP contribution in [0.1, 0.15) is 15.9 Å². The van der Waals surface area contributed by atoms with Gasteiger partial charge in [0.1, 0.15) is 0 Å². The normalized spacial score (nSPS) is 14.5. The van der Waals surface area contributed by atoms with Crippen molar-refractivity contribution < 1.29 is 9.53 Å². The van der Waals surface area contributed by atoms with Gasteiger partial charge in [-0.2, -0.15) is 0 Å². The summed E-state index contributed by atoms with van der Waals surface area (Å²) < 4.78 is 7.37. The van der Waals surface area contributed by atoms with E-state index in [-0.39, 0.29) is 18.3 Å². The van der Waals surface area contributed by atoms with E-state index in [4.69, 9.17) is 21.3 Å². The number of fused-ring (bicyclic) bond motifs is 1. The Morgan fingerprint density at radius 2 is 1.97 bits per heavy atom. The van der Waals surface area contributed by atoms with Gasteiger partial charge < -0.3 is 4.74 Å². The molecular weight excluding hydrogens is 509 g/mol. The smallest absolute Gasteiger partial charge is 0.260 e. The lowest BCUT2D eigenvalue weighted by Crippen LogP contribution is -2.43. The molecule has 1 aliphatic heterocycles. The number of halogens is 3. The van der Waals surface area contributed by atoms with E-state index in [1.807, 2.05) is 43.3 Å². The number of thiazole rings is 1. The second-order valence-corrected chi connectivity index (χ2v) is 9.34. The van der Waals surface area contributed by atoms with Crippen LogP contribution < -0.4 is 4.90 Å². The average Bonchev–Trinajstić information content (AvgIpc) is 3.13. The van der Waals surface area contributed by atoms with E-state index >= 15 is 0 Å². The van der Waals surface area contributed by atoms with Crippen molar-refractivity contribution in [3.8, 4) is 0 Å². The van der Waals surface area contributed by atoms with E-state index in [1.165, 1.54) is 11.3 Å². The van der Waals surface area contributed by atoms with Crippen molar-refractivity contribution in [2.75, 3.05) is 44.3 Å². The molecule has 4 rings (SSSR count). The first-order valence-electron chi connectivity index (χ1n) is 9.45. The van der Waals surface area contributed by atoms with Gasteiger partial charge in [0.25, 0.3) is 5.91 Å². The number of nitrogens with zero attached hydrogens (tertiary/aromatic N) is 3. The number of carbonyl (C=O) groups is 1. The first kappa shape index (κ1) is 23.4. The van der Waals surface area contributed by atoms with Crippen molar-refractivity contribution in [2.45, 2.75) is 6.92 Å². The molecule has 2 heterocycles. The lowest BCUT2D eigenvalue weighted by Gasteiger charge is -2.29. The highest BCUT2D eigenvalue weighted by Crippen LogP contribution is 2.33. The summed E-state index contributed by atoms with van der Waals surface area (Å²) in [5, 5.41) is 1.39. The Bertz CT molecular complexity index is 1020. The van der Waals surface area contributed by atoms with Gasteiger partial charge >= 0.3 is 0 Å². The quantitative estimate of drug-likeness (QED) is 0.441. The van der Waals surface area contributed by atoms with Gasteiger partial charge in [0.2, 0.25) is 0 Å². The van der Waals surface area contributed by atoms with Crippen LogP contribution in [0, 0.1) is 6.92 Å². The Morgan fingerprint density at radius 3 is 2.67 bits per heavy atom. The van der Waals surface area contributed by atoms with Crippen molar-refractivity contribution in [1.82, 2.24) is 9.88 Å². The summed E-state index contributed by atoms with van der Waals surface area (Å²) in [4.78, 5) is 22.3. The minimum Gasteiger partial charge on any atom is -0.379 e. The molecule has 2 aromatic carbocycles. The number of hydrogen-bond donors (Lipinski definition) is 0. The van der Waals surface area contributed by atoms with Crippen molar-refractivity contribution in [1.29, 1.82) is 0 Å². The van der Waals surface area contributed by atoms with Crippen LogP contribution in [0.3, 0.4) is 0 Å². The predicted molar refractivity (Wildman–Crippen MR) is 130 cm³/mol. The van der Waals surface area contributed by atoms with E-state index in [1.54, 1.807) is 4.90 Å². The Kier molecular flexibility index (Phi) is 8.12. The molecule has 0 saturated carbocycles. The number of benzene rings is 2. The zero-order chi connectivity index (χ0) is 20.4. The largest absolute Gasteiger partial charge is 0.379 e. The third kappa shape index (κ3) is 5.33. The van der Waals surface area contributed by atoms with Gasteiger partial charge in [0.15, 0.2) is 5.13 Å². The Hall–Kier alpha value is -1.22. The molecule has 0 aliphatic carbocycles. The van der Waals surface area contributed by atoms with Gasteiger partial charge in [0, 0.05) is 41.2 Å². The van der Waals surface area contributed by atoms with Crippen LogP contribution in [0.5, 0.6) is 0 Å². The predicted octanol–water partition coefficient (Wildman–Crippen LogP) is 5.42. The SMILES string of the molecule is Cc1cc(Cl)cc2sc(N(CCN3CCOCC3)C(=O)c3ccc(Br)cc3)nc12.Cl. The lowest BCUT2D eigenvalue weighted by molar-refractivity contribution is 0.0391. The van der Waals surface area contributed by atoms with E-state index < -0.39 is 0 Å². The minimum absolute atomic E-state index is 0. The molecule has 0 N–H and O–H groups in total. The van der Waals surface area contributed by atoms with E-state index in [2.05, 4.69) is 20.8 Å². The van der Waals surface area contributed by atoms with Crippen LogP contribution in [0.2, 0.25) is 5.02 Å². The lowest BCUT2D eigenvalue weighted by atomic mass is 10.2. The number of carbonyl (C=O) groups excluding carboxylic acids is 1. The summed E-state index contributed by atoms with van der Waals surface area (Å²) in [7, 11) is 0. The molecule has 9 heteroatoms.